The number of amides is 2. The quantitative estimate of drug-likeness (QED) is 0.520. The lowest BCUT2D eigenvalue weighted by Crippen LogP contribution is -2.12. The number of hydrogen-bond donors (Lipinski definition) is 2. The van der Waals surface area contributed by atoms with Crippen LogP contribution in [-0.4, -0.2) is 23.9 Å². The van der Waals surface area contributed by atoms with Gasteiger partial charge in [0.05, 0.1) is 7.11 Å². The van der Waals surface area contributed by atoms with Crippen molar-refractivity contribution in [2.45, 2.75) is 0 Å². The molecule has 1 aromatic heterocycles. The van der Waals surface area contributed by atoms with Gasteiger partial charge in [-0.15, -0.1) is 11.3 Å². The number of halogens is 1. The van der Waals surface area contributed by atoms with Crippen molar-refractivity contribution in [3.05, 3.63) is 75.7 Å². The fraction of sp³-hybridized carbons (Fsp3) is 0.0500. The maximum Gasteiger partial charge on any atom is 0.257 e. The third-order valence-corrected chi connectivity index (χ3v) is 4.86. The molecule has 0 aliphatic carbocycles. The first-order valence-electron chi connectivity index (χ1n) is 8.18. The van der Waals surface area contributed by atoms with Gasteiger partial charge in [-0.05, 0) is 48.5 Å². The first-order chi connectivity index (χ1) is 13.5. The van der Waals surface area contributed by atoms with Crippen molar-refractivity contribution in [1.82, 2.24) is 4.98 Å². The molecule has 0 aliphatic rings. The van der Waals surface area contributed by atoms with Gasteiger partial charge in [-0.1, -0.05) is 15.9 Å². The van der Waals surface area contributed by atoms with E-state index in [9.17, 15) is 9.59 Å². The molecule has 3 rings (SSSR count). The highest BCUT2D eigenvalue weighted by molar-refractivity contribution is 9.10. The van der Waals surface area contributed by atoms with E-state index in [1.807, 2.05) is 18.2 Å². The summed E-state index contributed by atoms with van der Waals surface area (Å²) in [5.41, 5.74) is 1.84. The lowest BCUT2D eigenvalue weighted by molar-refractivity contribution is -0.111. The monoisotopic (exact) mass is 457 g/mol. The molecule has 0 atom stereocenters. The first kappa shape index (κ1) is 19.8. The van der Waals surface area contributed by atoms with Gasteiger partial charge >= 0.3 is 0 Å². The molecule has 0 aliphatic heterocycles. The molecule has 2 aromatic carbocycles. The van der Waals surface area contributed by atoms with Crippen molar-refractivity contribution in [1.29, 1.82) is 0 Å². The fourth-order valence-electron chi connectivity index (χ4n) is 2.34. The van der Waals surface area contributed by atoms with Crippen LogP contribution in [-0.2, 0) is 4.79 Å². The van der Waals surface area contributed by atoms with Gasteiger partial charge in [0, 0.05) is 38.9 Å². The maximum absolute atomic E-state index is 12.2. The summed E-state index contributed by atoms with van der Waals surface area (Å²) >= 11 is 4.74. The second-order valence-corrected chi connectivity index (χ2v) is 7.39. The third kappa shape index (κ3) is 5.28. The Hall–Kier alpha value is -2.97. The number of rotatable bonds is 6. The Kier molecular flexibility index (Phi) is 6.57. The molecule has 0 saturated carbocycles. The second kappa shape index (κ2) is 9.29. The van der Waals surface area contributed by atoms with Crippen molar-refractivity contribution in [2.24, 2.45) is 0 Å². The summed E-state index contributed by atoms with van der Waals surface area (Å²) < 4.78 is 6.17. The molecule has 0 spiro atoms. The summed E-state index contributed by atoms with van der Waals surface area (Å²) in [6.45, 7) is 0. The van der Waals surface area contributed by atoms with Crippen LogP contribution < -0.4 is 15.4 Å². The lowest BCUT2D eigenvalue weighted by atomic mass is 10.2. The Morgan fingerprint density at radius 1 is 1.14 bits per heavy atom. The number of benzene rings is 2. The molecule has 0 saturated heterocycles. The highest BCUT2D eigenvalue weighted by atomic mass is 79.9. The molecule has 2 amide bonds. The number of anilines is 2. The van der Waals surface area contributed by atoms with Gasteiger partial charge in [-0.2, -0.15) is 0 Å². The van der Waals surface area contributed by atoms with Gasteiger partial charge in [0.2, 0.25) is 5.91 Å². The van der Waals surface area contributed by atoms with Crippen molar-refractivity contribution in [3.8, 4) is 5.75 Å². The molecular weight excluding hydrogens is 442 g/mol. The summed E-state index contributed by atoms with van der Waals surface area (Å²) in [6, 6.07) is 12.2. The van der Waals surface area contributed by atoms with Crippen LogP contribution in [0.25, 0.3) is 6.08 Å². The van der Waals surface area contributed by atoms with Gasteiger partial charge in [0.25, 0.3) is 5.91 Å². The predicted octanol–water partition coefficient (Wildman–Crippen LogP) is 4.82. The predicted molar refractivity (Wildman–Crippen MR) is 115 cm³/mol. The highest BCUT2D eigenvalue weighted by Crippen LogP contribution is 2.24. The van der Waals surface area contributed by atoms with Crippen LogP contribution >= 0.6 is 27.3 Å². The minimum Gasteiger partial charge on any atom is -0.496 e. The van der Waals surface area contributed by atoms with Gasteiger partial charge in [-0.25, -0.2) is 4.98 Å². The summed E-state index contributed by atoms with van der Waals surface area (Å²) in [5, 5.41) is 7.78. The Morgan fingerprint density at radius 2 is 1.93 bits per heavy atom. The molecule has 1 heterocycles. The van der Waals surface area contributed by atoms with E-state index < -0.39 is 0 Å². The SMILES string of the molecule is COc1ccc(Br)cc1/C=C/C(=O)Nc1ccc(C(=O)Nc2nccs2)cc1. The molecule has 0 unspecified atom stereocenters. The number of carbonyl (C=O) groups is 2. The van der Waals surface area contributed by atoms with Crippen molar-refractivity contribution < 1.29 is 14.3 Å². The number of carbonyl (C=O) groups excluding carboxylic acids is 2. The second-order valence-electron chi connectivity index (χ2n) is 5.58. The molecular formula is C20H16BrN3O3S. The van der Waals surface area contributed by atoms with E-state index in [2.05, 4.69) is 31.5 Å². The normalized spacial score (nSPS) is 10.6. The van der Waals surface area contributed by atoms with Crippen LogP contribution in [0.5, 0.6) is 5.75 Å². The van der Waals surface area contributed by atoms with E-state index in [0.717, 1.165) is 10.0 Å². The van der Waals surface area contributed by atoms with Gasteiger partial charge in [-0.3, -0.25) is 14.9 Å². The third-order valence-electron chi connectivity index (χ3n) is 3.67. The van der Waals surface area contributed by atoms with Gasteiger partial charge < -0.3 is 10.1 Å². The van der Waals surface area contributed by atoms with Crippen molar-refractivity contribution in [3.63, 3.8) is 0 Å². The van der Waals surface area contributed by atoms with E-state index in [0.29, 0.717) is 22.1 Å². The molecule has 142 valence electrons. The number of methoxy groups -OCH3 is 1. The average molecular weight is 458 g/mol. The van der Waals surface area contributed by atoms with Crippen LogP contribution in [0.15, 0.2) is 64.6 Å². The zero-order chi connectivity index (χ0) is 19.9. The zero-order valence-electron chi connectivity index (χ0n) is 14.8. The molecule has 0 radical (unpaired) electrons. The van der Waals surface area contributed by atoms with Gasteiger partial charge in [0.15, 0.2) is 5.13 Å². The Morgan fingerprint density at radius 3 is 2.61 bits per heavy atom. The number of nitrogens with zero attached hydrogens (tertiary/aromatic N) is 1. The van der Waals surface area contributed by atoms with Crippen LogP contribution in [0.1, 0.15) is 15.9 Å². The minimum absolute atomic E-state index is 0.255. The smallest absolute Gasteiger partial charge is 0.257 e. The molecule has 28 heavy (non-hydrogen) atoms. The maximum atomic E-state index is 12.2. The average Bonchev–Trinajstić information content (AvgIpc) is 3.20. The molecule has 6 nitrogen and oxygen atoms in total. The Balaban J connectivity index is 1.61. The summed E-state index contributed by atoms with van der Waals surface area (Å²) in [5.74, 6) is 0.124. The first-order valence-corrected chi connectivity index (χ1v) is 9.86. The number of ether oxygens (including phenoxy) is 1. The standard InChI is InChI=1S/C20H16BrN3O3S/c1-27-17-8-5-15(21)12-14(17)4-9-18(25)23-16-6-2-13(3-7-16)19(26)24-20-22-10-11-28-20/h2-12H,1H3,(H,23,25)(H,22,24,26)/b9-4+. The van der Waals surface area contributed by atoms with Gasteiger partial charge in [0.1, 0.15) is 5.75 Å². The number of nitrogens with one attached hydrogen (secondary N) is 2. The summed E-state index contributed by atoms with van der Waals surface area (Å²) in [4.78, 5) is 28.3. The topological polar surface area (TPSA) is 80.3 Å². The fourth-order valence-corrected chi connectivity index (χ4v) is 3.25. The van der Waals surface area contributed by atoms with Crippen LogP contribution in [0.3, 0.4) is 0 Å². The van der Waals surface area contributed by atoms with E-state index in [1.165, 1.54) is 17.4 Å². The molecule has 2 N–H and O–H groups in total. The molecule has 0 fully saturated rings. The van der Waals surface area contributed by atoms with E-state index in [-0.39, 0.29) is 11.8 Å². The number of hydrogen-bond acceptors (Lipinski definition) is 5. The van der Waals surface area contributed by atoms with Crippen molar-refractivity contribution in [2.75, 3.05) is 17.7 Å². The van der Waals surface area contributed by atoms with E-state index in [4.69, 9.17) is 4.74 Å². The Bertz CT molecular complexity index is 1000. The van der Waals surface area contributed by atoms with Crippen LogP contribution in [0.4, 0.5) is 10.8 Å². The molecule has 8 heteroatoms. The molecule has 3 aromatic rings. The van der Waals surface area contributed by atoms with Crippen molar-refractivity contribution >= 4 is 56.0 Å². The number of thiazole rings is 1. The lowest BCUT2D eigenvalue weighted by Gasteiger charge is -2.06. The molecule has 0 bridgehead atoms. The van der Waals surface area contributed by atoms with E-state index in [1.54, 1.807) is 49.0 Å². The Labute approximate surface area is 174 Å². The summed E-state index contributed by atoms with van der Waals surface area (Å²) in [6.07, 6.45) is 4.72. The zero-order valence-corrected chi connectivity index (χ0v) is 17.2. The van der Waals surface area contributed by atoms with E-state index >= 15 is 0 Å². The van der Waals surface area contributed by atoms with Crippen LogP contribution in [0.2, 0.25) is 0 Å². The largest absolute Gasteiger partial charge is 0.496 e. The highest BCUT2D eigenvalue weighted by Gasteiger charge is 2.08. The minimum atomic E-state index is -0.290. The number of aromatic nitrogens is 1. The summed E-state index contributed by atoms with van der Waals surface area (Å²) in [7, 11) is 1.58. The van der Waals surface area contributed by atoms with Crippen LogP contribution in [0, 0.1) is 0 Å².